The Kier molecular flexibility index (Phi) is 2.93. The first kappa shape index (κ1) is 11.1. The maximum Gasteiger partial charge on any atom is 0.264 e. The van der Waals surface area contributed by atoms with Gasteiger partial charge < -0.3 is 4.42 Å². The van der Waals surface area contributed by atoms with E-state index in [0.29, 0.717) is 12.1 Å². The highest BCUT2D eigenvalue weighted by Crippen LogP contribution is 2.18. The molecule has 2 aromatic heterocycles. The largest absolute Gasteiger partial charge is 0.446 e. The number of pyridine rings is 1. The zero-order valence-corrected chi connectivity index (χ0v) is 9.53. The van der Waals surface area contributed by atoms with Gasteiger partial charge in [-0.1, -0.05) is 0 Å². The van der Waals surface area contributed by atoms with E-state index in [1.54, 1.807) is 18.5 Å². The number of nitrogens with zero attached hydrogens (tertiary/aromatic N) is 1. The van der Waals surface area contributed by atoms with Crippen LogP contribution in [0, 0.1) is 0 Å². The minimum atomic E-state index is -3.38. The van der Waals surface area contributed by atoms with E-state index in [4.69, 9.17) is 4.42 Å². The molecule has 2 rings (SSSR count). The monoisotopic (exact) mass is 241 g/mol. The van der Waals surface area contributed by atoms with Crippen LogP contribution in [0.2, 0.25) is 0 Å². The molecule has 16 heavy (non-hydrogen) atoms. The summed E-state index contributed by atoms with van der Waals surface area (Å²) in [6, 6.07) is 3.68. The first-order valence-corrected chi connectivity index (χ1v) is 6.53. The Morgan fingerprint density at radius 2 is 2.31 bits per heavy atom. The van der Waals surface area contributed by atoms with Gasteiger partial charge in [-0.25, -0.2) is 4.98 Å². The van der Waals surface area contributed by atoms with Gasteiger partial charge >= 0.3 is 0 Å². The molecule has 0 unspecified atom stereocenters. The fourth-order valence-electron chi connectivity index (χ4n) is 1.42. The lowest BCUT2D eigenvalue weighted by Crippen LogP contribution is -2.05. The van der Waals surface area contributed by atoms with Gasteiger partial charge in [-0.15, -0.1) is 0 Å². The zero-order valence-electron chi connectivity index (χ0n) is 8.71. The second-order valence-electron chi connectivity index (χ2n) is 3.39. The Hall–Kier alpha value is -1.40. The van der Waals surface area contributed by atoms with E-state index in [1.165, 1.54) is 0 Å². The summed E-state index contributed by atoms with van der Waals surface area (Å²) in [6.45, 7) is 0.113. The minimum absolute atomic E-state index is 0.113. The highest BCUT2D eigenvalue weighted by atomic mass is 32.2. The summed E-state index contributed by atoms with van der Waals surface area (Å²) in [7, 11) is -3.38. The quantitative estimate of drug-likeness (QED) is 0.756. The SMILES string of the molecule is CS(=O)(=O)OCCc1coc2ncccc12. The van der Waals surface area contributed by atoms with Gasteiger partial charge in [-0.2, -0.15) is 8.42 Å². The molecule has 0 radical (unpaired) electrons. The van der Waals surface area contributed by atoms with Gasteiger partial charge in [-0.3, -0.25) is 4.18 Å². The Morgan fingerprint density at radius 3 is 3.06 bits per heavy atom. The third-order valence-electron chi connectivity index (χ3n) is 2.10. The Morgan fingerprint density at radius 1 is 1.50 bits per heavy atom. The Labute approximate surface area is 93.2 Å². The lowest BCUT2D eigenvalue weighted by Gasteiger charge is -1.99. The molecule has 0 fully saturated rings. The number of rotatable bonds is 4. The van der Waals surface area contributed by atoms with Gasteiger partial charge in [-0.05, 0) is 12.1 Å². The van der Waals surface area contributed by atoms with Crippen LogP contribution in [0.4, 0.5) is 0 Å². The van der Waals surface area contributed by atoms with Gasteiger partial charge in [0.2, 0.25) is 5.71 Å². The molecule has 0 amide bonds. The summed E-state index contributed by atoms with van der Waals surface area (Å²) in [5.41, 5.74) is 1.45. The standard InChI is InChI=1S/C10H11NO4S/c1-16(12,13)15-6-4-8-7-14-10-9(8)3-2-5-11-10/h2-3,5,7H,4,6H2,1H3. The molecule has 86 valence electrons. The van der Waals surface area contributed by atoms with Crippen molar-refractivity contribution in [2.24, 2.45) is 0 Å². The van der Waals surface area contributed by atoms with Crippen LogP contribution in [-0.4, -0.2) is 26.3 Å². The van der Waals surface area contributed by atoms with Crippen molar-refractivity contribution >= 4 is 21.2 Å². The van der Waals surface area contributed by atoms with Crippen molar-refractivity contribution in [3.63, 3.8) is 0 Å². The number of hydrogen-bond donors (Lipinski definition) is 0. The van der Waals surface area contributed by atoms with E-state index >= 15 is 0 Å². The van der Waals surface area contributed by atoms with Crippen molar-refractivity contribution in [1.82, 2.24) is 4.98 Å². The molecule has 2 heterocycles. The maximum atomic E-state index is 10.8. The fraction of sp³-hybridized carbons (Fsp3) is 0.300. The number of hydrogen-bond acceptors (Lipinski definition) is 5. The summed E-state index contributed by atoms with van der Waals surface area (Å²) >= 11 is 0. The minimum Gasteiger partial charge on any atom is -0.446 e. The number of aromatic nitrogens is 1. The molecule has 0 N–H and O–H groups in total. The number of fused-ring (bicyclic) bond motifs is 1. The van der Waals surface area contributed by atoms with Crippen molar-refractivity contribution in [3.8, 4) is 0 Å². The van der Waals surface area contributed by atoms with Crippen LogP contribution in [0.3, 0.4) is 0 Å². The normalized spacial score (nSPS) is 12.1. The van der Waals surface area contributed by atoms with Crippen LogP contribution in [-0.2, 0) is 20.7 Å². The van der Waals surface area contributed by atoms with Crippen molar-refractivity contribution in [1.29, 1.82) is 0 Å². The first-order valence-electron chi connectivity index (χ1n) is 4.72. The van der Waals surface area contributed by atoms with Crippen molar-refractivity contribution < 1.29 is 17.0 Å². The molecule has 2 aromatic rings. The topological polar surface area (TPSA) is 69.4 Å². The molecule has 0 atom stereocenters. The molecule has 0 aliphatic heterocycles. The molecule has 0 bridgehead atoms. The van der Waals surface area contributed by atoms with E-state index in [2.05, 4.69) is 9.17 Å². The van der Waals surface area contributed by atoms with Crippen LogP contribution < -0.4 is 0 Å². The third-order valence-corrected chi connectivity index (χ3v) is 2.69. The first-order chi connectivity index (χ1) is 7.56. The second kappa shape index (κ2) is 4.23. The lowest BCUT2D eigenvalue weighted by molar-refractivity contribution is 0.325. The molecule has 0 aliphatic carbocycles. The Balaban J connectivity index is 2.10. The van der Waals surface area contributed by atoms with E-state index in [0.717, 1.165) is 17.2 Å². The van der Waals surface area contributed by atoms with Crippen LogP contribution in [0.25, 0.3) is 11.1 Å². The summed E-state index contributed by atoms with van der Waals surface area (Å²) < 4.78 is 31.4. The molecular formula is C10H11NO4S. The van der Waals surface area contributed by atoms with Gasteiger partial charge in [0.15, 0.2) is 0 Å². The number of furan rings is 1. The second-order valence-corrected chi connectivity index (χ2v) is 5.04. The average Bonchev–Trinajstić information content (AvgIpc) is 2.60. The van der Waals surface area contributed by atoms with Gasteiger partial charge in [0.1, 0.15) is 0 Å². The van der Waals surface area contributed by atoms with Crippen molar-refractivity contribution in [3.05, 3.63) is 30.2 Å². The van der Waals surface area contributed by atoms with E-state index in [9.17, 15) is 8.42 Å². The van der Waals surface area contributed by atoms with Crippen LogP contribution >= 0.6 is 0 Å². The average molecular weight is 241 g/mol. The van der Waals surface area contributed by atoms with E-state index in [-0.39, 0.29) is 6.61 Å². The van der Waals surface area contributed by atoms with Crippen LogP contribution in [0.1, 0.15) is 5.56 Å². The molecule has 0 aliphatic rings. The van der Waals surface area contributed by atoms with Gasteiger partial charge in [0.25, 0.3) is 10.1 Å². The van der Waals surface area contributed by atoms with Crippen LogP contribution in [0.15, 0.2) is 29.0 Å². The molecular weight excluding hydrogens is 230 g/mol. The lowest BCUT2D eigenvalue weighted by atomic mass is 10.2. The van der Waals surface area contributed by atoms with Gasteiger partial charge in [0.05, 0.1) is 19.1 Å². The molecule has 5 nitrogen and oxygen atoms in total. The highest BCUT2D eigenvalue weighted by molar-refractivity contribution is 7.85. The Bertz CT molecular complexity index is 588. The van der Waals surface area contributed by atoms with Crippen molar-refractivity contribution in [2.75, 3.05) is 12.9 Å². The smallest absolute Gasteiger partial charge is 0.264 e. The third kappa shape index (κ3) is 2.59. The molecule has 0 saturated heterocycles. The predicted molar refractivity (Wildman–Crippen MR) is 58.5 cm³/mol. The summed E-state index contributed by atoms with van der Waals surface area (Å²) in [6.07, 6.45) is 4.72. The fourth-order valence-corrected chi connectivity index (χ4v) is 1.80. The van der Waals surface area contributed by atoms with E-state index in [1.807, 2.05) is 6.07 Å². The van der Waals surface area contributed by atoms with Gasteiger partial charge in [0, 0.05) is 23.6 Å². The molecule has 6 heteroatoms. The van der Waals surface area contributed by atoms with E-state index < -0.39 is 10.1 Å². The van der Waals surface area contributed by atoms with Crippen LogP contribution in [0.5, 0.6) is 0 Å². The summed E-state index contributed by atoms with van der Waals surface area (Å²) in [5.74, 6) is 0. The summed E-state index contributed by atoms with van der Waals surface area (Å²) in [4.78, 5) is 4.03. The highest BCUT2D eigenvalue weighted by Gasteiger charge is 2.07. The van der Waals surface area contributed by atoms with Crippen molar-refractivity contribution in [2.45, 2.75) is 6.42 Å². The molecule has 0 aromatic carbocycles. The predicted octanol–water partition coefficient (Wildman–Crippen LogP) is 1.35. The summed E-state index contributed by atoms with van der Waals surface area (Å²) in [5, 5.41) is 0.889. The molecule has 0 spiro atoms. The zero-order chi connectivity index (χ0) is 11.6. The maximum absolute atomic E-state index is 10.8. The molecule has 0 saturated carbocycles.